The molecule has 3 aromatic carbocycles. The lowest BCUT2D eigenvalue weighted by molar-refractivity contribution is -0.192. The number of carboxylic acid groups (broad SMARTS) is 1. The van der Waals surface area contributed by atoms with Gasteiger partial charge in [-0.05, 0) is 36.4 Å². The molecule has 5 rings (SSSR count). The molecule has 4 aromatic rings. The Hall–Kier alpha value is -5.24. The van der Waals surface area contributed by atoms with Gasteiger partial charge in [-0.15, -0.1) is 0 Å². The summed E-state index contributed by atoms with van der Waals surface area (Å²) in [5.74, 6) is -2.83. The molecule has 0 saturated carbocycles. The first-order valence-electron chi connectivity index (χ1n) is 12.4. The zero-order chi connectivity index (χ0) is 32.2. The SMILES string of the molecule is COc1cc(Nc2ncc3c(n2)-c2ccc(Cl)cc2C(c2c(F)cccc2OC)=NC3)ccc1C(N)=O.O=C(O)C(F)(F)F. The van der Waals surface area contributed by atoms with E-state index in [-0.39, 0.29) is 17.7 Å². The first-order chi connectivity index (χ1) is 20.8. The monoisotopic (exact) mass is 631 g/mol. The Bertz CT molecular complexity index is 1780. The number of amides is 1. The average Bonchev–Trinajstić information content (AvgIpc) is 3.12. The van der Waals surface area contributed by atoms with Crippen molar-refractivity contribution in [3.63, 3.8) is 0 Å². The second-order valence-corrected chi connectivity index (χ2v) is 9.38. The summed E-state index contributed by atoms with van der Waals surface area (Å²) in [6, 6.07) is 14.8. The Morgan fingerprint density at radius 1 is 1.02 bits per heavy atom. The summed E-state index contributed by atoms with van der Waals surface area (Å²) in [7, 11) is 2.94. The van der Waals surface area contributed by atoms with Crippen molar-refractivity contribution >= 4 is 40.8 Å². The third kappa shape index (κ3) is 6.86. The van der Waals surface area contributed by atoms with Crippen LogP contribution in [0.15, 0.2) is 65.8 Å². The van der Waals surface area contributed by atoms with Gasteiger partial charge in [-0.2, -0.15) is 13.2 Å². The summed E-state index contributed by atoms with van der Waals surface area (Å²) < 4.78 is 57.5. The standard InChI is InChI=1S/C27H21ClFN5O3.C2HF3O2/c1-36-21-5-3-4-20(29)23(21)25-19-10-15(28)6-8-17(19)24-14(12-31-25)13-32-27(34-24)33-16-7-9-18(26(30)35)22(11-16)37-2;3-2(4,5)1(6)7/h3-11,13H,12H2,1-2H3,(H2,30,35)(H,32,33,34);(H,6,7). The van der Waals surface area contributed by atoms with Crippen LogP contribution in [0.25, 0.3) is 11.3 Å². The van der Waals surface area contributed by atoms with Crippen molar-refractivity contribution in [1.29, 1.82) is 0 Å². The van der Waals surface area contributed by atoms with E-state index in [2.05, 4.69) is 10.3 Å². The maximum Gasteiger partial charge on any atom is 0.490 e. The second-order valence-electron chi connectivity index (χ2n) is 8.95. The molecule has 0 aliphatic carbocycles. The first-order valence-corrected chi connectivity index (χ1v) is 12.8. The number of nitrogens with two attached hydrogens (primary N) is 1. The van der Waals surface area contributed by atoms with Gasteiger partial charge in [0, 0.05) is 39.7 Å². The number of fused-ring (bicyclic) bond motifs is 3. The van der Waals surface area contributed by atoms with Gasteiger partial charge in [0.2, 0.25) is 5.95 Å². The van der Waals surface area contributed by atoms with Crippen molar-refractivity contribution in [2.75, 3.05) is 19.5 Å². The van der Waals surface area contributed by atoms with Crippen molar-refractivity contribution in [3.05, 3.63) is 93.9 Å². The van der Waals surface area contributed by atoms with E-state index >= 15 is 4.39 Å². The number of hydrogen-bond donors (Lipinski definition) is 3. The lowest BCUT2D eigenvalue weighted by atomic mass is 9.94. The molecule has 15 heteroatoms. The summed E-state index contributed by atoms with van der Waals surface area (Å²) in [4.78, 5) is 34.4. The number of aliphatic carboxylic acids is 1. The normalized spacial score (nSPS) is 11.9. The van der Waals surface area contributed by atoms with E-state index < -0.39 is 23.9 Å². The topological polar surface area (TPSA) is 149 Å². The molecule has 1 aromatic heterocycles. The highest BCUT2D eigenvalue weighted by Gasteiger charge is 2.38. The van der Waals surface area contributed by atoms with Crippen LogP contribution in [-0.2, 0) is 11.3 Å². The molecule has 0 bridgehead atoms. The quantitative estimate of drug-likeness (QED) is 0.227. The smallest absolute Gasteiger partial charge is 0.490 e. The molecule has 0 radical (unpaired) electrons. The van der Waals surface area contributed by atoms with Gasteiger partial charge in [-0.1, -0.05) is 23.7 Å². The van der Waals surface area contributed by atoms with Crippen LogP contribution in [0.4, 0.5) is 29.2 Å². The second kappa shape index (κ2) is 13.0. The predicted molar refractivity (Wildman–Crippen MR) is 153 cm³/mol. The largest absolute Gasteiger partial charge is 0.496 e. The van der Waals surface area contributed by atoms with Crippen LogP contribution >= 0.6 is 11.6 Å². The molecule has 44 heavy (non-hydrogen) atoms. The van der Waals surface area contributed by atoms with Crippen LogP contribution in [0.1, 0.15) is 27.0 Å². The molecule has 0 spiro atoms. The fourth-order valence-electron chi connectivity index (χ4n) is 4.20. The molecule has 1 aliphatic heterocycles. The fourth-order valence-corrected chi connectivity index (χ4v) is 4.38. The van der Waals surface area contributed by atoms with Crippen molar-refractivity contribution in [2.45, 2.75) is 12.7 Å². The summed E-state index contributed by atoms with van der Waals surface area (Å²) in [6.07, 6.45) is -3.41. The van der Waals surface area contributed by atoms with E-state index in [1.807, 2.05) is 6.07 Å². The highest BCUT2D eigenvalue weighted by atomic mass is 35.5. The number of carbonyl (C=O) groups is 2. The maximum absolute atomic E-state index is 15.1. The molecule has 10 nitrogen and oxygen atoms in total. The molecular formula is C29H22ClF4N5O5. The van der Waals surface area contributed by atoms with Gasteiger partial charge in [-0.25, -0.2) is 19.2 Å². The predicted octanol–water partition coefficient (Wildman–Crippen LogP) is 5.78. The first kappa shape index (κ1) is 31.7. The molecule has 1 aliphatic rings. The van der Waals surface area contributed by atoms with E-state index in [0.29, 0.717) is 50.7 Å². The lowest BCUT2D eigenvalue weighted by Crippen LogP contribution is -2.21. The number of rotatable bonds is 6. The third-order valence-electron chi connectivity index (χ3n) is 6.16. The number of halogens is 5. The maximum atomic E-state index is 15.1. The van der Waals surface area contributed by atoms with Crippen LogP contribution in [0.3, 0.4) is 0 Å². The summed E-state index contributed by atoms with van der Waals surface area (Å²) >= 11 is 6.36. The summed E-state index contributed by atoms with van der Waals surface area (Å²) in [5, 5.41) is 10.7. The van der Waals surface area contributed by atoms with E-state index in [4.69, 9.17) is 46.7 Å². The van der Waals surface area contributed by atoms with Crippen LogP contribution in [0.5, 0.6) is 11.5 Å². The fraction of sp³-hybridized carbons (Fsp3) is 0.138. The molecule has 0 saturated heterocycles. The number of carboxylic acids is 1. The van der Waals surface area contributed by atoms with Crippen molar-refractivity contribution in [2.24, 2.45) is 10.7 Å². The number of anilines is 2. The molecule has 0 atom stereocenters. The summed E-state index contributed by atoms with van der Waals surface area (Å²) in [5.41, 5.74) is 9.62. The number of benzene rings is 3. The number of alkyl halides is 3. The average molecular weight is 632 g/mol. The molecular weight excluding hydrogens is 610 g/mol. The molecule has 1 amide bonds. The number of methoxy groups -OCH3 is 2. The van der Waals surface area contributed by atoms with Gasteiger partial charge >= 0.3 is 12.1 Å². The van der Waals surface area contributed by atoms with Gasteiger partial charge in [0.25, 0.3) is 5.91 Å². The minimum absolute atomic E-state index is 0.218. The molecule has 0 fully saturated rings. The van der Waals surface area contributed by atoms with Crippen LogP contribution in [0, 0.1) is 5.82 Å². The Morgan fingerprint density at radius 3 is 2.36 bits per heavy atom. The van der Waals surface area contributed by atoms with E-state index in [0.717, 1.165) is 5.56 Å². The number of hydrogen-bond acceptors (Lipinski definition) is 8. The highest BCUT2D eigenvalue weighted by molar-refractivity contribution is 6.31. The van der Waals surface area contributed by atoms with Gasteiger partial charge in [0.1, 0.15) is 17.3 Å². The lowest BCUT2D eigenvalue weighted by Gasteiger charge is -2.15. The number of primary amides is 1. The Morgan fingerprint density at radius 2 is 1.73 bits per heavy atom. The van der Waals surface area contributed by atoms with Gasteiger partial charge in [0.15, 0.2) is 0 Å². The number of carbonyl (C=O) groups excluding carboxylic acids is 1. The minimum atomic E-state index is -5.08. The number of ether oxygens (including phenoxy) is 2. The number of aromatic nitrogens is 2. The van der Waals surface area contributed by atoms with Crippen molar-refractivity contribution in [3.8, 4) is 22.8 Å². The number of nitrogens with zero attached hydrogens (tertiary/aromatic N) is 3. The van der Waals surface area contributed by atoms with Crippen molar-refractivity contribution < 1.29 is 41.7 Å². The van der Waals surface area contributed by atoms with Crippen molar-refractivity contribution in [1.82, 2.24) is 9.97 Å². The zero-order valence-corrected chi connectivity index (χ0v) is 23.6. The molecule has 0 unspecified atom stereocenters. The van der Waals surface area contributed by atoms with Gasteiger partial charge < -0.3 is 25.6 Å². The van der Waals surface area contributed by atoms with E-state index in [9.17, 15) is 18.0 Å². The number of aliphatic imine (C=N–C) groups is 1. The summed E-state index contributed by atoms with van der Waals surface area (Å²) in [6.45, 7) is 0.218. The zero-order valence-electron chi connectivity index (χ0n) is 22.9. The third-order valence-corrected chi connectivity index (χ3v) is 6.40. The van der Waals surface area contributed by atoms with E-state index in [1.165, 1.54) is 20.3 Å². The Kier molecular flexibility index (Phi) is 9.33. The Balaban J connectivity index is 0.000000566. The van der Waals surface area contributed by atoms with Crippen LogP contribution in [-0.4, -0.2) is 53.1 Å². The molecule has 2 heterocycles. The minimum Gasteiger partial charge on any atom is -0.496 e. The molecule has 228 valence electrons. The van der Waals surface area contributed by atoms with E-state index in [1.54, 1.807) is 48.7 Å². The van der Waals surface area contributed by atoms with Gasteiger partial charge in [-0.3, -0.25) is 9.79 Å². The van der Waals surface area contributed by atoms with Gasteiger partial charge in [0.05, 0.1) is 43.3 Å². The highest BCUT2D eigenvalue weighted by Crippen LogP contribution is 2.36. The van der Waals surface area contributed by atoms with Crippen LogP contribution < -0.4 is 20.5 Å². The Labute approximate surface area is 252 Å². The molecule has 4 N–H and O–H groups in total. The number of nitrogens with one attached hydrogen (secondary N) is 1. The van der Waals surface area contributed by atoms with Crippen LogP contribution in [0.2, 0.25) is 5.02 Å².